The molecule has 4 nitrogen and oxygen atoms in total. The minimum atomic E-state index is -0.250. The third-order valence-corrected chi connectivity index (χ3v) is 0.927. The van der Waals surface area contributed by atoms with Crippen LogP contribution in [0.25, 0.3) is 0 Å². The summed E-state index contributed by atoms with van der Waals surface area (Å²) in [4.78, 5) is 12.2. The van der Waals surface area contributed by atoms with Crippen LogP contribution in [0, 0.1) is 0 Å². The standard InChI is InChI=1S/C4H3NO.CH2O2/c1-3-2-5-4(1)6-3;2-1-3/h2H,1H2;1H,(H,2,3). The van der Waals surface area contributed by atoms with E-state index >= 15 is 0 Å². The fraction of sp³-hybridized carbons (Fsp3) is 0.200. The summed E-state index contributed by atoms with van der Waals surface area (Å²) < 4.78 is 4.86. The van der Waals surface area contributed by atoms with Gasteiger partial charge in [-0.3, -0.25) is 4.79 Å². The van der Waals surface area contributed by atoms with Gasteiger partial charge in [0.25, 0.3) is 6.47 Å². The lowest BCUT2D eigenvalue weighted by Crippen LogP contribution is -1.88. The van der Waals surface area contributed by atoms with Gasteiger partial charge in [0.1, 0.15) is 5.76 Å². The van der Waals surface area contributed by atoms with Crippen molar-refractivity contribution >= 4 is 6.47 Å². The van der Waals surface area contributed by atoms with Crippen molar-refractivity contribution in [1.82, 2.24) is 4.98 Å². The molecule has 0 unspecified atom stereocenters. The van der Waals surface area contributed by atoms with Gasteiger partial charge in [0, 0.05) is 0 Å². The molecule has 4 heteroatoms. The summed E-state index contributed by atoms with van der Waals surface area (Å²) in [5.41, 5.74) is 0. The van der Waals surface area contributed by atoms with Crippen LogP contribution >= 0.6 is 0 Å². The first-order chi connectivity index (χ1) is 4.36. The summed E-state index contributed by atoms with van der Waals surface area (Å²) in [6.45, 7) is -0.250. The Morgan fingerprint density at radius 2 is 2.44 bits per heavy atom. The Hall–Kier alpha value is -1.32. The maximum atomic E-state index is 8.36. The average Bonchev–Trinajstić information content (AvgIpc) is 2.17. The van der Waals surface area contributed by atoms with Gasteiger partial charge >= 0.3 is 0 Å². The van der Waals surface area contributed by atoms with Gasteiger partial charge in [-0.05, 0) is 0 Å². The zero-order chi connectivity index (χ0) is 6.69. The highest BCUT2D eigenvalue weighted by Gasteiger charge is 2.14. The van der Waals surface area contributed by atoms with Crippen LogP contribution in [-0.2, 0) is 11.2 Å². The van der Waals surface area contributed by atoms with Crippen molar-refractivity contribution in [3.8, 4) is 0 Å². The average molecular weight is 127 g/mol. The number of hydrogen-bond acceptors (Lipinski definition) is 3. The molecule has 9 heavy (non-hydrogen) atoms. The molecule has 3 rings (SSSR count). The van der Waals surface area contributed by atoms with Crippen LogP contribution in [-0.4, -0.2) is 16.6 Å². The minimum absolute atomic E-state index is 0.250. The maximum Gasteiger partial charge on any atom is 0.290 e. The summed E-state index contributed by atoms with van der Waals surface area (Å²) in [6, 6.07) is 0. The highest BCUT2D eigenvalue weighted by atomic mass is 16.4. The van der Waals surface area contributed by atoms with Gasteiger partial charge in [0.15, 0.2) is 0 Å². The van der Waals surface area contributed by atoms with Gasteiger partial charge < -0.3 is 9.52 Å². The van der Waals surface area contributed by atoms with Crippen molar-refractivity contribution in [2.75, 3.05) is 0 Å². The predicted molar refractivity (Wildman–Crippen MR) is 28.0 cm³/mol. The number of nitrogens with zero attached hydrogens (tertiary/aromatic N) is 1. The number of oxazole rings is 1. The molecule has 0 aromatic carbocycles. The molecular weight excluding hydrogens is 122 g/mol. The lowest BCUT2D eigenvalue weighted by molar-refractivity contribution is -0.122. The quantitative estimate of drug-likeness (QED) is 0.516. The van der Waals surface area contributed by atoms with E-state index in [-0.39, 0.29) is 6.47 Å². The first kappa shape index (κ1) is 5.81. The van der Waals surface area contributed by atoms with E-state index in [1.54, 1.807) is 6.20 Å². The number of carbonyl (C=O) groups is 1. The molecule has 0 atom stereocenters. The summed E-state index contributed by atoms with van der Waals surface area (Å²) in [5.74, 6) is 1.90. The first-order valence-electron chi connectivity index (χ1n) is 2.38. The van der Waals surface area contributed by atoms with Crippen LogP contribution in [0.4, 0.5) is 0 Å². The molecule has 1 aromatic heterocycles. The number of hydrogen-bond donors (Lipinski definition) is 1. The predicted octanol–water partition coefficient (Wildman–Crippen LogP) is 0.280. The Labute approximate surface area is 51.1 Å². The van der Waals surface area contributed by atoms with Gasteiger partial charge in [-0.2, -0.15) is 0 Å². The Balaban J connectivity index is 0.000000120. The first-order valence-corrected chi connectivity index (χ1v) is 2.38. The lowest BCUT2D eigenvalue weighted by atomic mass is 10.3. The third-order valence-electron chi connectivity index (χ3n) is 0.927. The summed E-state index contributed by atoms with van der Waals surface area (Å²) in [7, 11) is 0. The van der Waals surface area contributed by atoms with Crippen LogP contribution in [0.5, 0.6) is 0 Å². The van der Waals surface area contributed by atoms with Crippen molar-refractivity contribution in [1.29, 1.82) is 0 Å². The van der Waals surface area contributed by atoms with Crippen molar-refractivity contribution in [2.24, 2.45) is 0 Å². The Kier molecular flexibility index (Phi) is 1.48. The number of aromatic nitrogens is 1. The van der Waals surface area contributed by atoms with E-state index in [9.17, 15) is 0 Å². The maximum absolute atomic E-state index is 8.36. The second kappa shape index (κ2) is 2.30. The van der Waals surface area contributed by atoms with Crippen LogP contribution < -0.4 is 0 Å². The van der Waals surface area contributed by atoms with E-state index in [1.165, 1.54) is 0 Å². The molecule has 0 aliphatic carbocycles. The molecule has 0 saturated heterocycles. The van der Waals surface area contributed by atoms with Crippen molar-refractivity contribution in [3.05, 3.63) is 17.8 Å². The molecule has 2 aliphatic heterocycles. The van der Waals surface area contributed by atoms with Gasteiger partial charge in [-0.25, -0.2) is 4.98 Å². The molecule has 0 amide bonds. The number of carboxylic acid groups (broad SMARTS) is 1. The molecule has 48 valence electrons. The number of fused-ring (bicyclic) bond motifs is 1. The monoisotopic (exact) mass is 127 g/mol. The van der Waals surface area contributed by atoms with Crippen LogP contribution in [0.1, 0.15) is 11.7 Å². The zero-order valence-corrected chi connectivity index (χ0v) is 4.57. The van der Waals surface area contributed by atoms with Crippen LogP contribution in [0.2, 0.25) is 0 Å². The largest absolute Gasteiger partial charge is 0.483 e. The van der Waals surface area contributed by atoms with E-state index in [4.69, 9.17) is 14.3 Å². The zero-order valence-electron chi connectivity index (χ0n) is 4.57. The topological polar surface area (TPSA) is 63.3 Å². The summed E-state index contributed by atoms with van der Waals surface area (Å²) in [5, 5.41) is 6.89. The van der Waals surface area contributed by atoms with E-state index < -0.39 is 0 Å². The molecule has 0 radical (unpaired) electrons. The summed E-state index contributed by atoms with van der Waals surface area (Å²) >= 11 is 0. The van der Waals surface area contributed by atoms with E-state index in [0.717, 1.165) is 18.1 Å². The second-order valence-electron chi connectivity index (χ2n) is 1.50. The summed E-state index contributed by atoms with van der Waals surface area (Å²) in [6.07, 6.45) is 2.73. The minimum Gasteiger partial charge on any atom is -0.483 e. The van der Waals surface area contributed by atoms with Crippen LogP contribution in [0.15, 0.2) is 10.6 Å². The highest BCUT2D eigenvalue weighted by Crippen LogP contribution is 2.17. The molecule has 2 bridgehead atoms. The molecule has 1 aromatic rings. The van der Waals surface area contributed by atoms with Gasteiger partial charge in [-0.15, -0.1) is 0 Å². The van der Waals surface area contributed by atoms with Gasteiger partial charge in [0.05, 0.1) is 12.6 Å². The van der Waals surface area contributed by atoms with Crippen molar-refractivity contribution in [2.45, 2.75) is 6.42 Å². The van der Waals surface area contributed by atoms with Crippen molar-refractivity contribution in [3.63, 3.8) is 0 Å². The Bertz CT molecular complexity index is 182. The van der Waals surface area contributed by atoms with Gasteiger partial charge in [0.2, 0.25) is 5.89 Å². The highest BCUT2D eigenvalue weighted by molar-refractivity contribution is 5.32. The number of rotatable bonds is 0. The Morgan fingerprint density at radius 3 is 2.56 bits per heavy atom. The van der Waals surface area contributed by atoms with E-state index in [2.05, 4.69) is 4.98 Å². The normalized spacial score (nSPS) is 10.7. The fourth-order valence-electron chi connectivity index (χ4n) is 0.580. The van der Waals surface area contributed by atoms with Gasteiger partial charge in [-0.1, -0.05) is 0 Å². The van der Waals surface area contributed by atoms with E-state index in [0.29, 0.717) is 0 Å². The van der Waals surface area contributed by atoms with E-state index in [1.807, 2.05) is 0 Å². The smallest absolute Gasteiger partial charge is 0.290 e. The van der Waals surface area contributed by atoms with Crippen LogP contribution in [0.3, 0.4) is 0 Å². The molecule has 1 N–H and O–H groups in total. The molecular formula is C5H5NO3. The SMILES string of the molecule is O=CO.c1nc2oc1C2. The third kappa shape index (κ3) is 1.07. The molecule has 0 saturated carbocycles. The Morgan fingerprint density at radius 1 is 1.89 bits per heavy atom. The van der Waals surface area contributed by atoms with Crippen molar-refractivity contribution < 1.29 is 14.3 Å². The lowest BCUT2D eigenvalue weighted by Gasteiger charge is -1.95. The molecule has 0 fully saturated rings. The molecule has 2 aliphatic rings. The second-order valence-corrected chi connectivity index (χ2v) is 1.50. The molecule has 0 spiro atoms. The molecule has 3 heterocycles. The fourth-order valence-corrected chi connectivity index (χ4v) is 0.580.